The number of halogens is 9. The van der Waals surface area contributed by atoms with Crippen molar-refractivity contribution in [3.63, 3.8) is 0 Å². The van der Waals surface area contributed by atoms with Crippen molar-refractivity contribution in [1.29, 1.82) is 0 Å². The van der Waals surface area contributed by atoms with E-state index in [4.69, 9.17) is 4.74 Å². The Kier molecular flexibility index (Phi) is 5.29. The van der Waals surface area contributed by atoms with Gasteiger partial charge >= 0.3 is 23.9 Å². The first-order chi connectivity index (χ1) is 10.2. The van der Waals surface area contributed by atoms with Gasteiger partial charge in [-0.25, -0.2) is 0 Å². The molecule has 134 valence electrons. The maximum Gasteiger partial charge on any atom is 0.460 e. The van der Waals surface area contributed by atoms with Crippen molar-refractivity contribution in [3.05, 3.63) is 12.2 Å². The van der Waals surface area contributed by atoms with Crippen molar-refractivity contribution >= 4 is 5.91 Å². The summed E-state index contributed by atoms with van der Waals surface area (Å²) in [6.45, 7) is -0.0513. The molecule has 23 heavy (non-hydrogen) atoms. The summed E-state index contributed by atoms with van der Waals surface area (Å²) in [5, 5.41) is 0. The zero-order chi connectivity index (χ0) is 18.1. The van der Waals surface area contributed by atoms with Gasteiger partial charge in [-0.3, -0.25) is 4.79 Å². The van der Waals surface area contributed by atoms with E-state index in [0.717, 1.165) is 4.90 Å². The second-order valence-electron chi connectivity index (χ2n) is 4.54. The number of amides is 1. The molecule has 1 saturated heterocycles. The van der Waals surface area contributed by atoms with Gasteiger partial charge < -0.3 is 9.64 Å². The van der Waals surface area contributed by atoms with Crippen molar-refractivity contribution in [2.75, 3.05) is 26.3 Å². The van der Waals surface area contributed by atoms with Crippen molar-refractivity contribution in [2.24, 2.45) is 0 Å². The Morgan fingerprint density at radius 2 is 1.35 bits per heavy atom. The molecule has 0 spiro atoms. The number of morpholine rings is 1. The quantitative estimate of drug-likeness (QED) is 0.571. The first kappa shape index (κ1) is 19.6. The number of allylic oxidation sites excluding steroid dienone is 1. The van der Waals surface area contributed by atoms with Crippen LogP contribution in [-0.2, 0) is 9.53 Å². The van der Waals surface area contributed by atoms with Crippen LogP contribution in [0.1, 0.15) is 0 Å². The molecule has 0 aromatic rings. The van der Waals surface area contributed by atoms with Crippen LogP contribution in [0.4, 0.5) is 39.5 Å². The van der Waals surface area contributed by atoms with Gasteiger partial charge in [-0.15, -0.1) is 0 Å². The van der Waals surface area contributed by atoms with Gasteiger partial charge in [-0.1, -0.05) is 0 Å². The van der Waals surface area contributed by atoms with Crippen molar-refractivity contribution in [1.82, 2.24) is 4.90 Å². The van der Waals surface area contributed by atoms with Crippen LogP contribution >= 0.6 is 0 Å². The van der Waals surface area contributed by atoms with Gasteiger partial charge in [0.2, 0.25) is 5.91 Å². The maximum absolute atomic E-state index is 13.1. The van der Waals surface area contributed by atoms with Gasteiger partial charge in [-0.2, -0.15) is 39.5 Å². The number of carbonyl (C=O) groups excluding carboxylic acids is 1. The smallest absolute Gasteiger partial charge is 0.378 e. The van der Waals surface area contributed by atoms with Gasteiger partial charge in [0.15, 0.2) is 0 Å². The molecule has 1 aliphatic rings. The molecule has 0 unspecified atom stereocenters. The maximum atomic E-state index is 13.1. The molecule has 0 aromatic carbocycles. The number of carbonyl (C=O) groups is 1. The van der Waals surface area contributed by atoms with Crippen LogP contribution in [0, 0.1) is 0 Å². The molecule has 12 heteroatoms. The molecular weight excluding hydrogens is 349 g/mol. The summed E-state index contributed by atoms with van der Waals surface area (Å²) in [5.41, 5.74) is 0. The molecule has 0 aliphatic carbocycles. The van der Waals surface area contributed by atoms with Crippen LogP contribution in [0.5, 0.6) is 0 Å². The third-order valence-corrected chi connectivity index (χ3v) is 2.93. The minimum absolute atomic E-state index is 0.0400. The second kappa shape index (κ2) is 6.21. The highest BCUT2D eigenvalue weighted by molar-refractivity contribution is 5.87. The average molecular weight is 359 g/mol. The van der Waals surface area contributed by atoms with Crippen molar-refractivity contribution < 1.29 is 49.0 Å². The Morgan fingerprint density at radius 3 is 1.78 bits per heavy atom. The predicted octanol–water partition coefficient (Wildman–Crippen LogP) is 2.87. The Labute approximate surface area is 123 Å². The molecule has 1 rings (SSSR count). The molecule has 0 bridgehead atoms. The largest absolute Gasteiger partial charge is 0.460 e. The van der Waals surface area contributed by atoms with E-state index in [2.05, 4.69) is 0 Å². The molecule has 1 fully saturated rings. The molecule has 0 atom stereocenters. The normalized spacial score (nSPS) is 18.6. The lowest BCUT2D eigenvalue weighted by molar-refractivity contribution is -0.388. The number of rotatable bonds is 4. The third-order valence-electron chi connectivity index (χ3n) is 2.93. The summed E-state index contributed by atoms with van der Waals surface area (Å²) in [6, 6.07) is 0. The molecule has 1 heterocycles. The summed E-state index contributed by atoms with van der Waals surface area (Å²) in [4.78, 5) is 12.3. The van der Waals surface area contributed by atoms with Crippen LogP contribution in [-0.4, -0.2) is 61.1 Å². The highest BCUT2D eigenvalue weighted by Gasteiger charge is 2.81. The number of alkyl halides is 9. The van der Waals surface area contributed by atoms with Crippen LogP contribution < -0.4 is 0 Å². The zero-order valence-electron chi connectivity index (χ0n) is 11.1. The van der Waals surface area contributed by atoms with E-state index in [1.165, 1.54) is 0 Å². The predicted molar refractivity (Wildman–Crippen MR) is 57.4 cm³/mol. The highest BCUT2D eigenvalue weighted by Crippen LogP contribution is 2.53. The third kappa shape index (κ3) is 3.72. The van der Waals surface area contributed by atoms with E-state index in [9.17, 15) is 44.3 Å². The topological polar surface area (TPSA) is 29.5 Å². The SMILES string of the molecule is O=C(/C=C/C(F)(F)C(F)(F)C(F)(F)C(F)(F)F)N1CCOCC1. The average Bonchev–Trinajstić information content (AvgIpc) is 2.44. The summed E-state index contributed by atoms with van der Waals surface area (Å²) >= 11 is 0. The zero-order valence-corrected chi connectivity index (χ0v) is 11.1. The molecule has 0 saturated carbocycles. The van der Waals surface area contributed by atoms with Gasteiger partial charge in [0, 0.05) is 19.2 Å². The summed E-state index contributed by atoms with van der Waals surface area (Å²) in [7, 11) is 0. The lowest BCUT2D eigenvalue weighted by Crippen LogP contribution is -2.60. The molecule has 1 aliphatic heterocycles. The van der Waals surface area contributed by atoms with Gasteiger partial charge in [0.05, 0.1) is 13.2 Å². The molecule has 3 nitrogen and oxygen atoms in total. The summed E-state index contributed by atoms with van der Waals surface area (Å²) in [5.74, 6) is -20.9. The Hall–Kier alpha value is -1.46. The Balaban J connectivity index is 2.96. The first-order valence-corrected chi connectivity index (χ1v) is 6.00. The monoisotopic (exact) mass is 359 g/mol. The molecule has 0 aromatic heterocycles. The lowest BCUT2D eigenvalue weighted by Gasteiger charge is -2.32. The van der Waals surface area contributed by atoms with Crippen LogP contribution in [0.25, 0.3) is 0 Å². The molecular formula is C11H10F9NO2. The van der Waals surface area contributed by atoms with Crippen LogP contribution in [0.15, 0.2) is 12.2 Å². The van der Waals surface area contributed by atoms with E-state index >= 15 is 0 Å². The van der Waals surface area contributed by atoms with E-state index in [-0.39, 0.29) is 32.4 Å². The number of nitrogens with zero attached hydrogens (tertiary/aromatic N) is 1. The van der Waals surface area contributed by atoms with Crippen LogP contribution in [0.2, 0.25) is 0 Å². The Bertz CT molecular complexity index is 467. The second-order valence-corrected chi connectivity index (χ2v) is 4.54. The number of hydrogen-bond donors (Lipinski definition) is 0. The fourth-order valence-corrected chi connectivity index (χ4v) is 1.56. The first-order valence-electron chi connectivity index (χ1n) is 6.00. The van der Waals surface area contributed by atoms with E-state index in [0.29, 0.717) is 0 Å². The minimum Gasteiger partial charge on any atom is -0.378 e. The fraction of sp³-hybridized carbons (Fsp3) is 0.727. The molecule has 0 N–H and O–H groups in total. The summed E-state index contributed by atoms with van der Waals surface area (Å²) in [6.07, 6.45) is -8.00. The van der Waals surface area contributed by atoms with Crippen molar-refractivity contribution in [2.45, 2.75) is 23.9 Å². The van der Waals surface area contributed by atoms with Gasteiger partial charge in [-0.05, 0) is 6.08 Å². The number of ether oxygens (including phenoxy) is 1. The van der Waals surface area contributed by atoms with E-state index < -0.39 is 35.9 Å². The fourth-order valence-electron chi connectivity index (χ4n) is 1.56. The Morgan fingerprint density at radius 1 is 0.870 bits per heavy atom. The van der Waals surface area contributed by atoms with Crippen LogP contribution in [0.3, 0.4) is 0 Å². The van der Waals surface area contributed by atoms with Gasteiger partial charge in [0.25, 0.3) is 0 Å². The highest BCUT2D eigenvalue weighted by atomic mass is 19.4. The van der Waals surface area contributed by atoms with Crippen molar-refractivity contribution in [3.8, 4) is 0 Å². The standard InChI is InChI=1S/C11H10F9NO2/c12-8(13,9(14,15)10(16,17)11(18,19)20)2-1-7(22)21-3-5-23-6-4-21/h1-2H,3-6H2/b2-1+. The lowest BCUT2D eigenvalue weighted by atomic mass is 10.0. The summed E-state index contributed by atoms with van der Waals surface area (Å²) < 4.78 is 118. The van der Waals surface area contributed by atoms with Gasteiger partial charge in [0.1, 0.15) is 0 Å². The molecule has 1 amide bonds. The van der Waals surface area contributed by atoms with E-state index in [1.807, 2.05) is 0 Å². The number of hydrogen-bond acceptors (Lipinski definition) is 2. The van der Waals surface area contributed by atoms with E-state index in [1.54, 1.807) is 0 Å². The minimum atomic E-state index is -6.98. The molecule has 0 radical (unpaired) electrons.